The fourth-order valence-electron chi connectivity index (χ4n) is 3.02. The molecule has 4 heteroatoms. The maximum absolute atomic E-state index is 13.6. The highest BCUT2D eigenvalue weighted by Gasteiger charge is 2.29. The minimum atomic E-state index is -0.186. The van der Waals surface area contributed by atoms with Crippen LogP contribution in [-0.4, -0.2) is 29.4 Å². The lowest BCUT2D eigenvalue weighted by molar-refractivity contribution is -0.138. The van der Waals surface area contributed by atoms with E-state index < -0.39 is 0 Å². The number of nitrogens with zero attached hydrogens (tertiary/aromatic N) is 1. The first-order chi connectivity index (χ1) is 9.99. The van der Waals surface area contributed by atoms with Gasteiger partial charge in [-0.2, -0.15) is 0 Å². The van der Waals surface area contributed by atoms with Gasteiger partial charge in [-0.15, -0.1) is 0 Å². The van der Waals surface area contributed by atoms with Crippen molar-refractivity contribution in [3.63, 3.8) is 0 Å². The van der Waals surface area contributed by atoms with E-state index in [2.05, 4.69) is 6.92 Å². The molecule has 0 unspecified atom stereocenters. The Hall–Kier alpha value is -1.42. The molecule has 1 saturated heterocycles. The highest BCUT2D eigenvalue weighted by molar-refractivity contribution is 5.79. The topological polar surface area (TPSA) is 46.3 Å². The number of carbonyl (C=O) groups is 1. The van der Waals surface area contributed by atoms with Gasteiger partial charge in [-0.1, -0.05) is 25.1 Å². The molecule has 0 aliphatic carbocycles. The second kappa shape index (κ2) is 7.03. The Kier molecular flexibility index (Phi) is 5.34. The summed E-state index contributed by atoms with van der Waals surface area (Å²) in [6.45, 7) is 4.73. The molecule has 3 atom stereocenters. The largest absolute Gasteiger partial charge is 0.340 e. The summed E-state index contributed by atoms with van der Waals surface area (Å²) in [6.07, 6.45) is 3.01. The van der Waals surface area contributed by atoms with Crippen LogP contribution in [0.15, 0.2) is 24.3 Å². The number of amides is 1. The van der Waals surface area contributed by atoms with Crippen LogP contribution in [0.5, 0.6) is 0 Å². The molecule has 3 nitrogen and oxygen atoms in total. The third-order valence-corrected chi connectivity index (χ3v) is 4.43. The van der Waals surface area contributed by atoms with Gasteiger partial charge in [0.15, 0.2) is 0 Å². The van der Waals surface area contributed by atoms with E-state index in [1.807, 2.05) is 17.9 Å². The van der Waals surface area contributed by atoms with Crippen molar-refractivity contribution in [3.8, 4) is 0 Å². The van der Waals surface area contributed by atoms with Gasteiger partial charge in [-0.05, 0) is 44.2 Å². The van der Waals surface area contributed by atoms with Gasteiger partial charge < -0.3 is 10.6 Å². The molecule has 116 valence electrons. The molecule has 1 aromatic rings. The minimum Gasteiger partial charge on any atom is -0.340 e. The number of carbonyl (C=O) groups excluding carboxylic acids is 1. The van der Waals surface area contributed by atoms with Crippen molar-refractivity contribution in [2.45, 2.75) is 51.6 Å². The average molecular weight is 292 g/mol. The van der Waals surface area contributed by atoms with Gasteiger partial charge in [-0.3, -0.25) is 4.79 Å². The molecular weight excluding hydrogens is 267 g/mol. The maximum atomic E-state index is 13.6. The monoisotopic (exact) mass is 292 g/mol. The van der Waals surface area contributed by atoms with Crippen molar-refractivity contribution in [3.05, 3.63) is 35.6 Å². The Morgan fingerprint density at radius 2 is 2.19 bits per heavy atom. The van der Waals surface area contributed by atoms with Crippen LogP contribution in [0.3, 0.4) is 0 Å². The number of hydrogen-bond donors (Lipinski definition) is 1. The molecule has 0 radical (unpaired) electrons. The fourth-order valence-corrected chi connectivity index (χ4v) is 3.02. The summed E-state index contributed by atoms with van der Waals surface area (Å²) in [5.41, 5.74) is 6.62. The van der Waals surface area contributed by atoms with E-state index in [-0.39, 0.29) is 29.7 Å². The Morgan fingerprint density at radius 1 is 1.48 bits per heavy atom. The fraction of sp³-hybridized carbons (Fsp3) is 0.588. The first-order valence-electron chi connectivity index (χ1n) is 7.78. The zero-order valence-electron chi connectivity index (χ0n) is 12.9. The van der Waals surface area contributed by atoms with E-state index >= 15 is 0 Å². The van der Waals surface area contributed by atoms with Gasteiger partial charge in [0.25, 0.3) is 0 Å². The summed E-state index contributed by atoms with van der Waals surface area (Å²) in [5, 5.41) is 0. The van der Waals surface area contributed by atoms with Crippen molar-refractivity contribution in [1.82, 2.24) is 4.90 Å². The summed E-state index contributed by atoms with van der Waals surface area (Å²) in [4.78, 5) is 14.5. The second-order valence-corrected chi connectivity index (χ2v) is 6.20. The number of piperidine rings is 1. The van der Waals surface area contributed by atoms with Crippen LogP contribution in [0.2, 0.25) is 0 Å². The van der Waals surface area contributed by atoms with Crippen molar-refractivity contribution < 1.29 is 9.18 Å². The molecule has 1 aromatic carbocycles. The molecule has 21 heavy (non-hydrogen) atoms. The standard InChI is InChI=1S/C17H25FN2O/c1-12(7-8-14-5-3-4-6-16(14)18)17(21)20-10-9-15(19)11-13(20)2/h3-6,12-13,15H,7-11,19H2,1-2H3/t12-,13-,15-/m1/s1. The van der Waals surface area contributed by atoms with E-state index in [0.29, 0.717) is 18.4 Å². The summed E-state index contributed by atoms with van der Waals surface area (Å²) in [5.74, 6) is -0.0958. The molecule has 1 fully saturated rings. The quantitative estimate of drug-likeness (QED) is 0.927. The summed E-state index contributed by atoms with van der Waals surface area (Å²) in [6, 6.07) is 7.19. The highest BCUT2D eigenvalue weighted by atomic mass is 19.1. The number of aryl methyl sites for hydroxylation is 1. The lowest BCUT2D eigenvalue weighted by Crippen LogP contribution is -2.49. The molecule has 1 aliphatic heterocycles. The number of halogens is 1. The molecule has 2 rings (SSSR count). The molecular formula is C17H25FN2O. The highest BCUT2D eigenvalue weighted by Crippen LogP contribution is 2.21. The summed E-state index contributed by atoms with van der Waals surface area (Å²) in [7, 11) is 0. The van der Waals surface area contributed by atoms with Crippen molar-refractivity contribution in [2.24, 2.45) is 11.7 Å². The van der Waals surface area contributed by atoms with E-state index in [1.165, 1.54) is 6.07 Å². The number of likely N-dealkylation sites (tertiary alicyclic amines) is 1. The molecule has 1 heterocycles. The first-order valence-corrected chi connectivity index (χ1v) is 7.78. The lowest BCUT2D eigenvalue weighted by atomic mass is 9.94. The van der Waals surface area contributed by atoms with Crippen LogP contribution in [0.4, 0.5) is 4.39 Å². The van der Waals surface area contributed by atoms with Crippen LogP contribution in [0.1, 0.15) is 38.7 Å². The molecule has 0 saturated carbocycles. The van der Waals surface area contributed by atoms with Gasteiger partial charge in [0, 0.05) is 24.5 Å². The van der Waals surface area contributed by atoms with E-state index in [1.54, 1.807) is 12.1 Å². The number of benzene rings is 1. The Labute approximate surface area is 126 Å². The van der Waals surface area contributed by atoms with Crippen LogP contribution in [0, 0.1) is 11.7 Å². The Balaban J connectivity index is 1.89. The van der Waals surface area contributed by atoms with Crippen LogP contribution >= 0.6 is 0 Å². The second-order valence-electron chi connectivity index (χ2n) is 6.20. The molecule has 2 N–H and O–H groups in total. The molecule has 0 aromatic heterocycles. The SMILES string of the molecule is C[C@H](CCc1ccccc1F)C(=O)N1CC[C@@H](N)C[C@H]1C. The smallest absolute Gasteiger partial charge is 0.225 e. The van der Waals surface area contributed by atoms with Crippen molar-refractivity contribution >= 4 is 5.91 Å². The normalized spacial score (nSPS) is 23.9. The number of hydrogen-bond acceptors (Lipinski definition) is 2. The summed E-state index contributed by atoms with van der Waals surface area (Å²) >= 11 is 0. The van der Waals surface area contributed by atoms with E-state index in [4.69, 9.17) is 5.73 Å². The Bertz CT molecular complexity index is 491. The van der Waals surface area contributed by atoms with Crippen LogP contribution < -0.4 is 5.73 Å². The zero-order valence-corrected chi connectivity index (χ0v) is 12.9. The zero-order chi connectivity index (χ0) is 15.4. The van der Waals surface area contributed by atoms with Gasteiger partial charge in [0.1, 0.15) is 5.82 Å². The molecule has 1 aliphatic rings. The predicted octanol–water partition coefficient (Wildman–Crippen LogP) is 2.73. The molecule has 0 spiro atoms. The number of rotatable bonds is 4. The van der Waals surface area contributed by atoms with Gasteiger partial charge in [0.2, 0.25) is 5.91 Å². The first kappa shape index (κ1) is 16.0. The van der Waals surface area contributed by atoms with E-state index in [0.717, 1.165) is 19.4 Å². The average Bonchev–Trinajstić information content (AvgIpc) is 2.45. The lowest BCUT2D eigenvalue weighted by Gasteiger charge is -2.38. The molecule has 1 amide bonds. The van der Waals surface area contributed by atoms with E-state index in [9.17, 15) is 9.18 Å². The minimum absolute atomic E-state index is 0.0821. The van der Waals surface area contributed by atoms with Gasteiger partial charge in [-0.25, -0.2) is 4.39 Å². The van der Waals surface area contributed by atoms with Crippen molar-refractivity contribution in [1.29, 1.82) is 0 Å². The predicted molar refractivity (Wildman–Crippen MR) is 82.3 cm³/mol. The van der Waals surface area contributed by atoms with Gasteiger partial charge in [0.05, 0.1) is 0 Å². The maximum Gasteiger partial charge on any atom is 0.225 e. The van der Waals surface area contributed by atoms with Crippen LogP contribution in [-0.2, 0) is 11.2 Å². The third-order valence-electron chi connectivity index (χ3n) is 4.43. The van der Waals surface area contributed by atoms with Gasteiger partial charge >= 0.3 is 0 Å². The molecule has 0 bridgehead atoms. The number of nitrogens with two attached hydrogens (primary N) is 1. The Morgan fingerprint density at radius 3 is 2.86 bits per heavy atom. The van der Waals surface area contributed by atoms with Crippen LogP contribution in [0.25, 0.3) is 0 Å². The third kappa shape index (κ3) is 4.03. The van der Waals surface area contributed by atoms with Crippen molar-refractivity contribution in [2.75, 3.05) is 6.54 Å². The summed E-state index contributed by atoms with van der Waals surface area (Å²) < 4.78 is 13.6.